The molecule has 1 amide bonds. The highest BCUT2D eigenvalue weighted by Crippen LogP contribution is 2.22. The van der Waals surface area contributed by atoms with Crippen LogP contribution in [0.1, 0.15) is 17.7 Å². The number of amides is 1. The average molecular weight is 332 g/mol. The lowest BCUT2D eigenvalue weighted by atomic mass is 10.1. The molecule has 98 valence electrons. The van der Waals surface area contributed by atoms with E-state index in [0.717, 1.165) is 10.9 Å². The molecule has 1 aliphatic rings. The van der Waals surface area contributed by atoms with Crippen LogP contribution < -0.4 is 0 Å². The molecule has 1 aromatic rings. The summed E-state index contributed by atoms with van der Waals surface area (Å²) in [7, 11) is 0. The van der Waals surface area contributed by atoms with Crippen LogP contribution in [0, 0.1) is 5.92 Å². The fourth-order valence-corrected chi connectivity index (χ4v) is 3.52. The van der Waals surface area contributed by atoms with Crippen molar-refractivity contribution in [1.29, 1.82) is 0 Å². The van der Waals surface area contributed by atoms with E-state index in [-0.39, 0.29) is 11.8 Å². The second kappa shape index (κ2) is 5.84. The molecule has 2 rings (SSSR count). The van der Waals surface area contributed by atoms with Crippen molar-refractivity contribution in [2.45, 2.75) is 19.3 Å². The summed E-state index contributed by atoms with van der Waals surface area (Å²) < 4.78 is 1.04. The van der Waals surface area contributed by atoms with E-state index in [1.54, 1.807) is 16.2 Å². The van der Waals surface area contributed by atoms with Crippen molar-refractivity contribution in [3.05, 3.63) is 20.8 Å². The van der Waals surface area contributed by atoms with E-state index in [4.69, 9.17) is 5.11 Å². The van der Waals surface area contributed by atoms with Crippen LogP contribution >= 0.6 is 27.3 Å². The first kappa shape index (κ1) is 13.5. The number of thiophene rings is 1. The van der Waals surface area contributed by atoms with Gasteiger partial charge in [0.2, 0.25) is 5.91 Å². The van der Waals surface area contributed by atoms with Gasteiger partial charge in [-0.25, -0.2) is 0 Å². The van der Waals surface area contributed by atoms with Gasteiger partial charge >= 0.3 is 5.97 Å². The van der Waals surface area contributed by atoms with E-state index < -0.39 is 5.97 Å². The van der Waals surface area contributed by atoms with Crippen molar-refractivity contribution in [3.63, 3.8) is 0 Å². The lowest BCUT2D eigenvalue weighted by Gasteiger charge is -2.15. The molecule has 0 aliphatic carbocycles. The van der Waals surface area contributed by atoms with Crippen LogP contribution in [0.3, 0.4) is 0 Å². The molecule has 0 unspecified atom stereocenters. The molecule has 1 saturated heterocycles. The summed E-state index contributed by atoms with van der Waals surface area (Å²) >= 11 is 5.01. The van der Waals surface area contributed by atoms with Gasteiger partial charge in [-0.1, -0.05) is 0 Å². The quantitative estimate of drug-likeness (QED) is 0.921. The van der Waals surface area contributed by atoms with Crippen LogP contribution in [-0.4, -0.2) is 35.0 Å². The number of likely N-dealkylation sites (tertiary alicyclic amines) is 1. The number of carboxylic acids is 1. The van der Waals surface area contributed by atoms with Gasteiger partial charge in [0.05, 0.1) is 5.92 Å². The third kappa shape index (κ3) is 3.32. The van der Waals surface area contributed by atoms with Crippen molar-refractivity contribution < 1.29 is 14.7 Å². The molecule has 0 radical (unpaired) electrons. The van der Waals surface area contributed by atoms with Gasteiger partial charge in [0.25, 0.3) is 0 Å². The van der Waals surface area contributed by atoms with Crippen LogP contribution in [0.4, 0.5) is 0 Å². The highest BCUT2D eigenvalue weighted by molar-refractivity contribution is 9.10. The predicted molar refractivity (Wildman–Crippen MR) is 72.7 cm³/mol. The summed E-state index contributed by atoms with van der Waals surface area (Å²) in [6, 6.07) is 2.02. The molecular weight excluding hydrogens is 318 g/mol. The first-order valence-corrected chi connectivity index (χ1v) is 7.47. The van der Waals surface area contributed by atoms with E-state index in [0.29, 0.717) is 25.9 Å². The minimum atomic E-state index is -0.799. The molecule has 1 atom stereocenters. The number of aliphatic carboxylic acids is 1. The second-order valence-electron chi connectivity index (χ2n) is 4.39. The zero-order chi connectivity index (χ0) is 13.1. The standard InChI is InChI=1S/C12H14BrNO3S/c13-9-5-10(18-7-9)1-2-11(15)14-4-3-8(6-14)12(16)17/h5,7-8H,1-4,6H2,(H,16,17)/t8-/m0/s1. The fourth-order valence-electron chi connectivity index (χ4n) is 2.06. The Balaban J connectivity index is 1.80. The summed E-state index contributed by atoms with van der Waals surface area (Å²) in [5.74, 6) is -1.12. The van der Waals surface area contributed by atoms with Crippen molar-refractivity contribution in [3.8, 4) is 0 Å². The van der Waals surface area contributed by atoms with Gasteiger partial charge in [-0.2, -0.15) is 0 Å². The molecular formula is C12H14BrNO3S. The zero-order valence-electron chi connectivity index (χ0n) is 9.76. The largest absolute Gasteiger partial charge is 0.481 e. The number of halogens is 1. The Morgan fingerprint density at radius 2 is 2.33 bits per heavy atom. The first-order valence-electron chi connectivity index (χ1n) is 5.80. The summed E-state index contributed by atoms with van der Waals surface area (Å²) in [6.07, 6.45) is 1.76. The van der Waals surface area contributed by atoms with E-state index in [1.165, 1.54) is 4.88 Å². The lowest BCUT2D eigenvalue weighted by Crippen LogP contribution is -2.30. The molecule has 18 heavy (non-hydrogen) atoms. The summed E-state index contributed by atoms with van der Waals surface area (Å²) in [6.45, 7) is 0.937. The van der Waals surface area contributed by atoms with Crippen molar-refractivity contribution >= 4 is 39.1 Å². The Morgan fingerprint density at radius 3 is 2.89 bits per heavy atom. The van der Waals surface area contributed by atoms with E-state index in [1.807, 2.05) is 11.4 Å². The van der Waals surface area contributed by atoms with Gasteiger partial charge in [-0.05, 0) is 34.8 Å². The minimum absolute atomic E-state index is 0.0586. The Bertz CT molecular complexity index is 460. The number of aryl methyl sites for hydroxylation is 1. The molecule has 4 nitrogen and oxygen atoms in total. The predicted octanol–water partition coefficient (Wildman–Crippen LogP) is 2.38. The second-order valence-corrected chi connectivity index (χ2v) is 6.31. The Labute approximate surface area is 118 Å². The molecule has 1 N–H and O–H groups in total. The van der Waals surface area contributed by atoms with Gasteiger partial charge in [-0.3, -0.25) is 9.59 Å². The topological polar surface area (TPSA) is 57.6 Å². The average Bonchev–Trinajstić information content (AvgIpc) is 2.94. The highest BCUT2D eigenvalue weighted by atomic mass is 79.9. The van der Waals surface area contributed by atoms with E-state index in [9.17, 15) is 9.59 Å². The van der Waals surface area contributed by atoms with Crippen LogP contribution in [0.15, 0.2) is 15.9 Å². The number of rotatable bonds is 4. The molecule has 6 heteroatoms. The van der Waals surface area contributed by atoms with Crippen molar-refractivity contribution in [2.75, 3.05) is 13.1 Å². The minimum Gasteiger partial charge on any atom is -0.481 e. The molecule has 0 spiro atoms. The fraction of sp³-hybridized carbons (Fsp3) is 0.500. The maximum Gasteiger partial charge on any atom is 0.308 e. The SMILES string of the molecule is O=C(O)[C@H]1CCN(C(=O)CCc2cc(Br)cs2)C1. The van der Waals surface area contributed by atoms with Gasteiger partial charge in [-0.15, -0.1) is 11.3 Å². The number of nitrogens with zero attached hydrogens (tertiary/aromatic N) is 1. The normalized spacial score (nSPS) is 19.2. The Morgan fingerprint density at radius 1 is 1.56 bits per heavy atom. The molecule has 1 fully saturated rings. The van der Waals surface area contributed by atoms with Crippen LogP contribution in [-0.2, 0) is 16.0 Å². The molecule has 1 aliphatic heterocycles. The van der Waals surface area contributed by atoms with Gasteiger partial charge < -0.3 is 10.0 Å². The third-order valence-corrected chi connectivity index (χ3v) is 4.85. The number of carboxylic acid groups (broad SMARTS) is 1. The monoisotopic (exact) mass is 331 g/mol. The molecule has 1 aromatic heterocycles. The van der Waals surface area contributed by atoms with Crippen LogP contribution in [0.2, 0.25) is 0 Å². The van der Waals surface area contributed by atoms with Crippen molar-refractivity contribution in [1.82, 2.24) is 4.90 Å². The smallest absolute Gasteiger partial charge is 0.308 e. The van der Waals surface area contributed by atoms with Crippen molar-refractivity contribution in [2.24, 2.45) is 5.92 Å². The first-order chi connectivity index (χ1) is 8.56. The number of carbonyl (C=O) groups is 2. The van der Waals surface area contributed by atoms with Gasteiger partial charge in [0, 0.05) is 34.2 Å². The van der Waals surface area contributed by atoms with Crippen LogP contribution in [0.25, 0.3) is 0 Å². The zero-order valence-corrected chi connectivity index (χ0v) is 12.2. The number of hydrogen-bond acceptors (Lipinski definition) is 3. The highest BCUT2D eigenvalue weighted by Gasteiger charge is 2.30. The molecule has 0 bridgehead atoms. The Kier molecular flexibility index (Phi) is 4.40. The number of hydrogen-bond donors (Lipinski definition) is 1. The lowest BCUT2D eigenvalue weighted by molar-refractivity contribution is -0.141. The van der Waals surface area contributed by atoms with Gasteiger partial charge in [0.1, 0.15) is 0 Å². The Hall–Kier alpha value is -0.880. The maximum atomic E-state index is 11.9. The van der Waals surface area contributed by atoms with Crippen LogP contribution in [0.5, 0.6) is 0 Å². The summed E-state index contributed by atoms with van der Waals surface area (Å²) in [5, 5.41) is 10.9. The van der Waals surface area contributed by atoms with E-state index in [2.05, 4.69) is 15.9 Å². The van der Waals surface area contributed by atoms with E-state index >= 15 is 0 Å². The third-order valence-electron chi connectivity index (χ3n) is 3.10. The summed E-state index contributed by atoms with van der Waals surface area (Å²) in [5.41, 5.74) is 0. The van der Waals surface area contributed by atoms with Gasteiger partial charge in [0.15, 0.2) is 0 Å². The molecule has 0 aromatic carbocycles. The molecule has 2 heterocycles. The number of carbonyl (C=O) groups excluding carboxylic acids is 1. The molecule has 0 saturated carbocycles. The maximum absolute atomic E-state index is 11.9. The summed E-state index contributed by atoms with van der Waals surface area (Å²) in [4.78, 5) is 25.6.